The van der Waals surface area contributed by atoms with E-state index in [9.17, 15) is 0 Å². The van der Waals surface area contributed by atoms with Crippen LogP contribution >= 0.6 is 0 Å². The SMILES string of the molecule is C1CCN(C2CCC2)CC1.Nc1ncc2c(-c3ccc4nccn4c3)ccn2n1. The van der Waals surface area contributed by atoms with Crippen LogP contribution in [-0.4, -0.2) is 48.0 Å². The number of nitrogens with zero attached hydrogens (tertiary/aromatic N) is 6. The zero-order chi connectivity index (χ0) is 19.6. The van der Waals surface area contributed by atoms with E-state index in [1.165, 1.54) is 51.6 Å². The van der Waals surface area contributed by atoms with E-state index in [-0.39, 0.29) is 5.95 Å². The van der Waals surface area contributed by atoms with Crippen molar-refractivity contribution in [1.82, 2.24) is 28.9 Å². The van der Waals surface area contributed by atoms with Crippen LogP contribution in [0.5, 0.6) is 0 Å². The predicted molar refractivity (Wildman–Crippen MR) is 115 cm³/mol. The van der Waals surface area contributed by atoms with Crippen LogP contribution in [0.1, 0.15) is 38.5 Å². The first-order valence-electron chi connectivity index (χ1n) is 10.5. The van der Waals surface area contributed by atoms with Gasteiger partial charge in [0.1, 0.15) is 5.65 Å². The minimum atomic E-state index is 0.264. The molecule has 2 N–H and O–H groups in total. The van der Waals surface area contributed by atoms with Crippen molar-refractivity contribution < 1.29 is 0 Å². The molecule has 1 saturated heterocycles. The molecular formula is C22H27N7. The summed E-state index contributed by atoms with van der Waals surface area (Å²) in [5.74, 6) is 0.264. The highest BCUT2D eigenvalue weighted by Gasteiger charge is 2.25. The highest BCUT2D eigenvalue weighted by Crippen LogP contribution is 2.27. The molecule has 0 amide bonds. The van der Waals surface area contributed by atoms with Crippen LogP contribution in [0.15, 0.2) is 49.2 Å². The van der Waals surface area contributed by atoms with Crippen molar-refractivity contribution in [3.05, 3.63) is 49.2 Å². The zero-order valence-electron chi connectivity index (χ0n) is 16.6. The Morgan fingerprint density at radius 1 is 0.931 bits per heavy atom. The van der Waals surface area contributed by atoms with Gasteiger partial charge >= 0.3 is 0 Å². The fraction of sp³-hybridized carbons (Fsp3) is 0.409. The normalized spacial score (nSPS) is 17.8. The molecule has 1 aliphatic carbocycles. The maximum Gasteiger partial charge on any atom is 0.238 e. The fourth-order valence-corrected chi connectivity index (χ4v) is 4.27. The van der Waals surface area contributed by atoms with Crippen LogP contribution in [0, 0.1) is 0 Å². The van der Waals surface area contributed by atoms with Gasteiger partial charge in [-0.15, -0.1) is 5.10 Å². The molecule has 6 rings (SSSR count). The van der Waals surface area contributed by atoms with Crippen molar-refractivity contribution in [2.45, 2.75) is 44.6 Å². The molecule has 1 saturated carbocycles. The highest BCUT2D eigenvalue weighted by molar-refractivity contribution is 5.80. The third-order valence-corrected chi connectivity index (χ3v) is 6.12. The molecule has 7 nitrogen and oxygen atoms in total. The molecule has 29 heavy (non-hydrogen) atoms. The fourth-order valence-electron chi connectivity index (χ4n) is 4.27. The third kappa shape index (κ3) is 3.70. The summed E-state index contributed by atoms with van der Waals surface area (Å²) < 4.78 is 3.72. The molecule has 5 heterocycles. The molecule has 0 unspecified atom stereocenters. The van der Waals surface area contributed by atoms with Crippen LogP contribution in [0.25, 0.3) is 22.3 Å². The summed E-state index contributed by atoms with van der Waals surface area (Å²) in [4.78, 5) is 11.0. The molecule has 0 bridgehead atoms. The first-order valence-corrected chi connectivity index (χ1v) is 10.5. The van der Waals surface area contributed by atoms with Crippen molar-refractivity contribution in [3.8, 4) is 11.1 Å². The standard InChI is InChI=1S/C13H10N6.C9H17N/c14-13-16-7-11-10(3-5-19(11)17-13)9-1-2-12-15-4-6-18(12)8-9;1-2-7-10(8-3-1)9-5-4-6-9/h1-8H,(H2,14,17);9H,1-8H2. The average Bonchev–Trinajstić information content (AvgIpc) is 3.33. The van der Waals surface area contributed by atoms with E-state index in [2.05, 4.69) is 20.0 Å². The number of rotatable bonds is 2. The number of nitrogen functional groups attached to an aromatic ring is 1. The maximum absolute atomic E-state index is 5.58. The lowest BCUT2D eigenvalue weighted by Gasteiger charge is -2.39. The highest BCUT2D eigenvalue weighted by atomic mass is 15.3. The lowest BCUT2D eigenvalue weighted by molar-refractivity contribution is 0.105. The minimum Gasteiger partial charge on any atom is -0.367 e. The van der Waals surface area contributed by atoms with Gasteiger partial charge in [-0.25, -0.2) is 14.5 Å². The van der Waals surface area contributed by atoms with E-state index >= 15 is 0 Å². The Morgan fingerprint density at radius 2 is 1.79 bits per heavy atom. The molecule has 4 aromatic heterocycles. The van der Waals surface area contributed by atoms with E-state index in [1.807, 2.05) is 41.2 Å². The largest absolute Gasteiger partial charge is 0.367 e. The van der Waals surface area contributed by atoms with E-state index in [4.69, 9.17) is 5.73 Å². The number of aromatic nitrogens is 5. The number of imidazole rings is 1. The molecule has 150 valence electrons. The number of nitrogens with two attached hydrogens (primary N) is 1. The van der Waals surface area contributed by atoms with Gasteiger partial charge in [0.05, 0.1) is 11.7 Å². The van der Waals surface area contributed by atoms with Crippen LogP contribution < -0.4 is 5.73 Å². The Morgan fingerprint density at radius 3 is 2.59 bits per heavy atom. The van der Waals surface area contributed by atoms with Gasteiger partial charge in [0, 0.05) is 42.0 Å². The van der Waals surface area contributed by atoms with Gasteiger partial charge < -0.3 is 15.0 Å². The number of likely N-dealkylation sites (tertiary alicyclic amines) is 1. The number of hydrogen-bond acceptors (Lipinski definition) is 5. The smallest absolute Gasteiger partial charge is 0.238 e. The Labute approximate surface area is 170 Å². The number of pyridine rings is 1. The molecule has 4 aromatic rings. The summed E-state index contributed by atoms with van der Waals surface area (Å²) >= 11 is 0. The third-order valence-electron chi connectivity index (χ3n) is 6.12. The summed E-state index contributed by atoms with van der Waals surface area (Å²) in [5, 5.41) is 4.14. The van der Waals surface area contributed by atoms with Crippen molar-refractivity contribution >= 4 is 17.1 Å². The van der Waals surface area contributed by atoms with Gasteiger partial charge in [-0.05, 0) is 57.0 Å². The Bertz CT molecular complexity index is 1100. The molecule has 0 spiro atoms. The number of piperidine rings is 1. The van der Waals surface area contributed by atoms with Gasteiger partial charge in [0.15, 0.2) is 0 Å². The van der Waals surface area contributed by atoms with Gasteiger partial charge in [-0.2, -0.15) is 0 Å². The van der Waals surface area contributed by atoms with Gasteiger partial charge in [-0.1, -0.05) is 12.8 Å². The van der Waals surface area contributed by atoms with E-state index in [1.54, 1.807) is 16.9 Å². The number of anilines is 1. The molecular weight excluding hydrogens is 362 g/mol. The second kappa shape index (κ2) is 7.83. The van der Waals surface area contributed by atoms with Crippen molar-refractivity contribution in [2.75, 3.05) is 18.8 Å². The van der Waals surface area contributed by atoms with Crippen LogP contribution in [0.4, 0.5) is 5.95 Å². The topological polar surface area (TPSA) is 76.8 Å². The van der Waals surface area contributed by atoms with E-state index in [0.717, 1.165) is 28.3 Å². The molecule has 0 aromatic carbocycles. The van der Waals surface area contributed by atoms with Crippen LogP contribution in [-0.2, 0) is 0 Å². The van der Waals surface area contributed by atoms with Crippen LogP contribution in [0.3, 0.4) is 0 Å². The minimum absolute atomic E-state index is 0.264. The van der Waals surface area contributed by atoms with Gasteiger partial charge in [0.25, 0.3) is 0 Å². The maximum atomic E-state index is 5.58. The van der Waals surface area contributed by atoms with Crippen molar-refractivity contribution in [3.63, 3.8) is 0 Å². The number of hydrogen-bond donors (Lipinski definition) is 1. The molecule has 0 atom stereocenters. The first-order chi connectivity index (χ1) is 14.3. The van der Waals surface area contributed by atoms with E-state index < -0.39 is 0 Å². The summed E-state index contributed by atoms with van der Waals surface area (Å²) in [7, 11) is 0. The average molecular weight is 390 g/mol. The van der Waals surface area contributed by atoms with E-state index in [0.29, 0.717) is 0 Å². The molecule has 2 aliphatic rings. The Hall–Kier alpha value is -2.93. The first kappa shape index (κ1) is 18.1. The molecule has 2 fully saturated rings. The second-order valence-corrected chi connectivity index (χ2v) is 7.97. The monoisotopic (exact) mass is 389 g/mol. The van der Waals surface area contributed by atoms with Crippen molar-refractivity contribution in [2.24, 2.45) is 0 Å². The summed E-state index contributed by atoms with van der Waals surface area (Å²) in [6, 6.07) is 7.02. The Balaban J connectivity index is 0.000000153. The summed E-state index contributed by atoms with van der Waals surface area (Å²) in [6.45, 7) is 2.79. The molecule has 0 radical (unpaired) electrons. The molecule has 7 heteroatoms. The number of fused-ring (bicyclic) bond motifs is 2. The zero-order valence-corrected chi connectivity index (χ0v) is 16.6. The van der Waals surface area contributed by atoms with Crippen molar-refractivity contribution in [1.29, 1.82) is 0 Å². The quantitative estimate of drug-likeness (QED) is 0.566. The van der Waals surface area contributed by atoms with Gasteiger partial charge in [0.2, 0.25) is 5.95 Å². The molecule has 1 aliphatic heterocycles. The Kier molecular flexibility index (Phi) is 4.89. The lowest BCUT2D eigenvalue weighted by Crippen LogP contribution is -2.42. The predicted octanol–water partition coefficient (Wildman–Crippen LogP) is 3.65. The second-order valence-electron chi connectivity index (χ2n) is 7.97. The summed E-state index contributed by atoms with van der Waals surface area (Å²) in [5.41, 5.74) is 9.58. The summed E-state index contributed by atoms with van der Waals surface area (Å²) in [6.07, 6.45) is 18.2. The van der Waals surface area contributed by atoms with Gasteiger partial charge in [-0.3, -0.25) is 0 Å². The van der Waals surface area contributed by atoms with Crippen LogP contribution in [0.2, 0.25) is 0 Å². The lowest BCUT2D eigenvalue weighted by atomic mass is 9.90.